The number of methoxy groups -OCH3 is 1. The van der Waals surface area contributed by atoms with Gasteiger partial charge in [-0.1, -0.05) is 0 Å². The van der Waals surface area contributed by atoms with Gasteiger partial charge in [-0.25, -0.2) is 0 Å². The molecule has 0 aromatic rings. The molecule has 1 unspecified atom stereocenters. The van der Waals surface area contributed by atoms with Gasteiger partial charge in [0, 0.05) is 33.3 Å². The number of nitrogens with zero attached hydrogens (tertiary/aromatic N) is 2. The molecule has 6 nitrogen and oxygen atoms in total. The van der Waals surface area contributed by atoms with Crippen LogP contribution >= 0.6 is 0 Å². The second kappa shape index (κ2) is 7.60. The number of ether oxygens (including phenoxy) is 2. The summed E-state index contributed by atoms with van der Waals surface area (Å²) < 4.78 is 10.6. The molecule has 1 aliphatic heterocycles. The van der Waals surface area contributed by atoms with Crippen LogP contribution in [0.15, 0.2) is 0 Å². The van der Waals surface area contributed by atoms with Crippen molar-refractivity contribution in [1.82, 2.24) is 9.80 Å². The van der Waals surface area contributed by atoms with Crippen LogP contribution in [-0.4, -0.2) is 87.1 Å². The Kier molecular flexibility index (Phi) is 6.43. The summed E-state index contributed by atoms with van der Waals surface area (Å²) in [7, 11) is 3.66. The summed E-state index contributed by atoms with van der Waals surface area (Å²) >= 11 is 0. The molecule has 1 rings (SSSR count). The first-order chi connectivity index (χ1) is 8.11. The topological polar surface area (TPSA) is 62.2 Å². The van der Waals surface area contributed by atoms with Crippen LogP contribution in [0.5, 0.6) is 0 Å². The van der Waals surface area contributed by atoms with E-state index in [1.54, 1.807) is 7.11 Å². The number of likely N-dealkylation sites (N-methyl/N-ethyl adjacent to an activating group) is 1. The van der Waals surface area contributed by atoms with Crippen molar-refractivity contribution < 1.29 is 19.4 Å². The minimum absolute atomic E-state index is 0.0347. The fourth-order valence-corrected chi connectivity index (χ4v) is 1.91. The van der Waals surface area contributed by atoms with Crippen LogP contribution in [0.4, 0.5) is 0 Å². The Balaban J connectivity index is 2.37. The molecule has 100 valence electrons. The summed E-state index contributed by atoms with van der Waals surface area (Å²) in [5.74, 6) is -0.815. The summed E-state index contributed by atoms with van der Waals surface area (Å²) in [6.07, 6.45) is 0.0879. The van der Waals surface area contributed by atoms with Gasteiger partial charge in [0.2, 0.25) is 0 Å². The molecule has 0 aromatic carbocycles. The number of carbonyl (C=O) groups is 1. The van der Waals surface area contributed by atoms with Crippen LogP contribution in [0.25, 0.3) is 0 Å². The molecule has 0 aliphatic carbocycles. The van der Waals surface area contributed by atoms with Gasteiger partial charge in [-0.3, -0.25) is 9.69 Å². The van der Waals surface area contributed by atoms with Crippen LogP contribution < -0.4 is 0 Å². The van der Waals surface area contributed by atoms with Crippen molar-refractivity contribution in [2.75, 3.05) is 60.1 Å². The van der Waals surface area contributed by atoms with Crippen LogP contribution in [-0.2, 0) is 14.3 Å². The molecule has 1 atom stereocenters. The van der Waals surface area contributed by atoms with Gasteiger partial charge < -0.3 is 19.5 Å². The molecule has 0 amide bonds. The van der Waals surface area contributed by atoms with Gasteiger partial charge >= 0.3 is 5.97 Å². The van der Waals surface area contributed by atoms with Gasteiger partial charge in [0.1, 0.15) is 0 Å². The number of rotatable bonds is 7. The van der Waals surface area contributed by atoms with Crippen molar-refractivity contribution in [3.63, 3.8) is 0 Å². The zero-order valence-corrected chi connectivity index (χ0v) is 10.6. The molecule has 1 fully saturated rings. The third-order valence-corrected chi connectivity index (χ3v) is 2.77. The zero-order chi connectivity index (χ0) is 12.7. The molecule has 0 spiro atoms. The minimum atomic E-state index is -0.815. The van der Waals surface area contributed by atoms with Gasteiger partial charge in [-0.15, -0.1) is 0 Å². The fraction of sp³-hybridized carbons (Fsp3) is 0.909. The first-order valence-corrected chi connectivity index (χ1v) is 5.85. The van der Waals surface area contributed by atoms with Crippen LogP contribution in [0.3, 0.4) is 0 Å². The average Bonchev–Trinajstić information content (AvgIpc) is 2.25. The first-order valence-electron chi connectivity index (χ1n) is 5.85. The lowest BCUT2D eigenvalue weighted by atomic mass is 10.2. The molecule has 0 aromatic heterocycles. The Hall–Kier alpha value is -0.690. The van der Waals surface area contributed by atoms with E-state index in [0.717, 1.165) is 13.1 Å². The third kappa shape index (κ3) is 5.97. The van der Waals surface area contributed by atoms with Crippen LogP contribution in [0.1, 0.15) is 0 Å². The largest absolute Gasteiger partial charge is 0.480 e. The number of carboxylic acid groups (broad SMARTS) is 1. The summed E-state index contributed by atoms with van der Waals surface area (Å²) in [5, 5.41) is 8.83. The normalized spacial score (nSPS) is 21.9. The lowest BCUT2D eigenvalue weighted by molar-refractivity contribution is -0.139. The summed E-state index contributed by atoms with van der Waals surface area (Å²) in [5.41, 5.74) is 0. The van der Waals surface area contributed by atoms with Crippen molar-refractivity contribution in [2.24, 2.45) is 0 Å². The molecule has 0 bridgehead atoms. The predicted octanol–water partition coefficient (Wildman–Crippen LogP) is -0.650. The molecule has 0 radical (unpaired) electrons. The monoisotopic (exact) mass is 246 g/mol. The Labute approximate surface area is 102 Å². The highest BCUT2D eigenvalue weighted by Crippen LogP contribution is 2.05. The standard InChI is InChI=1S/C11H22N2O4/c1-12-3-6-17-10(7-12)8-13(4-5-16-2)9-11(14)15/h10H,3-9H2,1-2H3,(H,14,15). The van der Waals surface area contributed by atoms with Crippen molar-refractivity contribution in [3.05, 3.63) is 0 Å². The highest BCUT2D eigenvalue weighted by molar-refractivity contribution is 5.69. The van der Waals surface area contributed by atoms with Gasteiger partial charge in [0.05, 0.1) is 25.9 Å². The van der Waals surface area contributed by atoms with E-state index >= 15 is 0 Å². The second-order valence-electron chi connectivity index (χ2n) is 4.38. The molecular weight excluding hydrogens is 224 g/mol. The van der Waals surface area contributed by atoms with Gasteiger partial charge in [0.25, 0.3) is 0 Å². The molecule has 1 heterocycles. The van der Waals surface area contributed by atoms with E-state index in [1.807, 2.05) is 11.9 Å². The van der Waals surface area contributed by atoms with E-state index in [9.17, 15) is 4.79 Å². The van der Waals surface area contributed by atoms with E-state index < -0.39 is 5.97 Å². The molecule has 6 heteroatoms. The van der Waals surface area contributed by atoms with Gasteiger partial charge in [-0.05, 0) is 7.05 Å². The first kappa shape index (κ1) is 14.4. The third-order valence-electron chi connectivity index (χ3n) is 2.77. The van der Waals surface area contributed by atoms with E-state index in [2.05, 4.69) is 4.90 Å². The Morgan fingerprint density at radius 3 is 3.00 bits per heavy atom. The zero-order valence-electron chi connectivity index (χ0n) is 10.6. The molecule has 0 saturated carbocycles. The second-order valence-corrected chi connectivity index (χ2v) is 4.38. The van der Waals surface area contributed by atoms with E-state index in [0.29, 0.717) is 26.3 Å². The molecule has 1 N–H and O–H groups in total. The predicted molar refractivity (Wildman–Crippen MR) is 63.2 cm³/mol. The van der Waals surface area contributed by atoms with E-state index in [1.165, 1.54) is 0 Å². The minimum Gasteiger partial charge on any atom is -0.480 e. The van der Waals surface area contributed by atoms with Crippen LogP contribution in [0.2, 0.25) is 0 Å². The Morgan fingerprint density at radius 1 is 1.65 bits per heavy atom. The lowest BCUT2D eigenvalue weighted by Gasteiger charge is -2.33. The molecule has 17 heavy (non-hydrogen) atoms. The number of carboxylic acids is 1. The highest BCUT2D eigenvalue weighted by Gasteiger charge is 2.21. The number of hydrogen-bond donors (Lipinski definition) is 1. The van der Waals surface area contributed by atoms with Crippen molar-refractivity contribution >= 4 is 5.97 Å². The summed E-state index contributed by atoms with van der Waals surface area (Å²) in [4.78, 5) is 14.8. The van der Waals surface area contributed by atoms with Gasteiger partial charge in [-0.2, -0.15) is 0 Å². The maximum Gasteiger partial charge on any atom is 0.317 e. The quantitative estimate of drug-likeness (QED) is 0.644. The van der Waals surface area contributed by atoms with Crippen molar-refractivity contribution in [1.29, 1.82) is 0 Å². The SMILES string of the molecule is COCCN(CC(=O)O)CC1CN(C)CCO1. The number of aliphatic carboxylic acids is 1. The maximum atomic E-state index is 10.7. The van der Waals surface area contributed by atoms with Crippen LogP contribution in [0, 0.1) is 0 Å². The lowest BCUT2D eigenvalue weighted by Crippen LogP contribution is -2.47. The number of morpholine rings is 1. The Bertz CT molecular complexity index is 238. The van der Waals surface area contributed by atoms with Crippen molar-refractivity contribution in [2.45, 2.75) is 6.10 Å². The molecular formula is C11H22N2O4. The summed E-state index contributed by atoms with van der Waals surface area (Å²) in [6.45, 7) is 4.33. The van der Waals surface area contributed by atoms with Gasteiger partial charge in [0.15, 0.2) is 0 Å². The number of hydrogen-bond acceptors (Lipinski definition) is 5. The fourth-order valence-electron chi connectivity index (χ4n) is 1.91. The average molecular weight is 246 g/mol. The highest BCUT2D eigenvalue weighted by atomic mass is 16.5. The Morgan fingerprint density at radius 2 is 2.41 bits per heavy atom. The molecule has 1 saturated heterocycles. The summed E-state index contributed by atoms with van der Waals surface area (Å²) in [6, 6.07) is 0. The van der Waals surface area contributed by atoms with E-state index in [4.69, 9.17) is 14.6 Å². The maximum absolute atomic E-state index is 10.7. The molecule has 1 aliphatic rings. The van der Waals surface area contributed by atoms with Crippen molar-refractivity contribution in [3.8, 4) is 0 Å². The smallest absolute Gasteiger partial charge is 0.317 e. The van der Waals surface area contributed by atoms with E-state index in [-0.39, 0.29) is 12.6 Å².